The van der Waals surface area contributed by atoms with Gasteiger partial charge in [-0.25, -0.2) is 9.69 Å². The van der Waals surface area contributed by atoms with Gasteiger partial charge in [0.15, 0.2) is 29.6 Å². The molecular formula is C31H29ClIN3O8. The maximum atomic E-state index is 13.5. The third-order valence-electron chi connectivity index (χ3n) is 6.11. The summed E-state index contributed by atoms with van der Waals surface area (Å²) in [5.41, 5.74) is 0.790. The Morgan fingerprint density at radius 1 is 1.00 bits per heavy atom. The number of benzene rings is 3. The zero-order valence-corrected chi connectivity index (χ0v) is 27.0. The molecular weight excluding hydrogens is 705 g/mol. The lowest BCUT2D eigenvalue weighted by molar-refractivity contribution is -0.122. The highest BCUT2D eigenvalue weighted by Gasteiger charge is 2.37. The smallest absolute Gasteiger partial charge is 0.335 e. The second-order valence-electron chi connectivity index (χ2n) is 9.22. The standard InChI is InChI=1S/C31H29ClIN3O8/c1-4-12-43-24-11-10-19(16-25(24)42-5-2)36-30(39)20(29(38)35-31(36)40)13-18-14-22(33)28(26(15-18)41-3)44-17-27(37)34-23-9-7-6-8-21(23)32/h6-11,13-16H,4-5,12,17H2,1-3H3,(H,34,37)(H,35,38,40)/b20-13+. The Bertz CT molecular complexity index is 1630. The van der Waals surface area contributed by atoms with Gasteiger partial charge in [-0.05, 0) is 84.0 Å². The van der Waals surface area contributed by atoms with Gasteiger partial charge in [0.1, 0.15) is 5.57 Å². The fourth-order valence-corrected chi connectivity index (χ4v) is 5.11. The Balaban J connectivity index is 1.58. The van der Waals surface area contributed by atoms with E-state index in [-0.39, 0.29) is 29.4 Å². The largest absolute Gasteiger partial charge is 0.493 e. The molecule has 1 heterocycles. The molecule has 0 saturated carbocycles. The monoisotopic (exact) mass is 733 g/mol. The number of hydrogen-bond donors (Lipinski definition) is 2. The van der Waals surface area contributed by atoms with Gasteiger partial charge in [-0.1, -0.05) is 30.7 Å². The minimum Gasteiger partial charge on any atom is -0.493 e. The van der Waals surface area contributed by atoms with E-state index in [1.54, 1.807) is 55.5 Å². The second kappa shape index (κ2) is 14.9. The van der Waals surface area contributed by atoms with Gasteiger partial charge in [-0.3, -0.25) is 19.7 Å². The summed E-state index contributed by atoms with van der Waals surface area (Å²) in [6.45, 7) is 4.24. The van der Waals surface area contributed by atoms with Crippen LogP contribution >= 0.6 is 34.2 Å². The summed E-state index contributed by atoms with van der Waals surface area (Å²) < 4.78 is 23.1. The van der Waals surface area contributed by atoms with Crippen LogP contribution in [0.4, 0.5) is 16.2 Å². The van der Waals surface area contributed by atoms with Crippen LogP contribution in [0.25, 0.3) is 6.08 Å². The summed E-state index contributed by atoms with van der Waals surface area (Å²) in [4.78, 5) is 52.4. The van der Waals surface area contributed by atoms with Gasteiger partial charge in [0, 0.05) is 6.07 Å². The Labute approximate surface area is 272 Å². The van der Waals surface area contributed by atoms with E-state index in [0.717, 1.165) is 11.3 Å². The fraction of sp³-hybridized carbons (Fsp3) is 0.226. The molecule has 1 fully saturated rings. The van der Waals surface area contributed by atoms with Crippen molar-refractivity contribution in [3.63, 3.8) is 0 Å². The number of halogens is 2. The predicted octanol–water partition coefficient (Wildman–Crippen LogP) is 5.82. The van der Waals surface area contributed by atoms with E-state index in [1.165, 1.54) is 19.3 Å². The van der Waals surface area contributed by atoms with E-state index in [1.807, 2.05) is 29.5 Å². The predicted molar refractivity (Wildman–Crippen MR) is 174 cm³/mol. The third-order valence-corrected chi connectivity index (χ3v) is 7.24. The maximum absolute atomic E-state index is 13.5. The number of hydrogen-bond acceptors (Lipinski definition) is 8. The highest BCUT2D eigenvalue weighted by molar-refractivity contribution is 14.1. The molecule has 0 aliphatic carbocycles. The number of anilines is 2. The van der Waals surface area contributed by atoms with Crippen LogP contribution in [0.15, 0.2) is 60.2 Å². The summed E-state index contributed by atoms with van der Waals surface area (Å²) in [7, 11) is 1.42. The SMILES string of the molecule is CCCOc1ccc(N2C(=O)NC(=O)/C(=C\c3cc(I)c(OCC(=O)Nc4ccccc4Cl)c(OC)c3)C2=O)cc1OCC. The van der Waals surface area contributed by atoms with Crippen molar-refractivity contribution >= 4 is 75.4 Å². The third kappa shape index (κ3) is 7.61. The van der Waals surface area contributed by atoms with Crippen molar-refractivity contribution in [2.75, 3.05) is 37.1 Å². The van der Waals surface area contributed by atoms with Crippen molar-refractivity contribution < 1.29 is 38.1 Å². The minimum atomic E-state index is -0.896. The first-order chi connectivity index (χ1) is 21.2. The van der Waals surface area contributed by atoms with E-state index in [2.05, 4.69) is 10.6 Å². The average molecular weight is 734 g/mol. The van der Waals surface area contributed by atoms with Gasteiger partial charge in [0.25, 0.3) is 17.7 Å². The molecule has 1 aliphatic heterocycles. The van der Waals surface area contributed by atoms with Gasteiger partial charge in [0.05, 0.1) is 40.3 Å². The van der Waals surface area contributed by atoms with Crippen LogP contribution in [-0.2, 0) is 14.4 Å². The number of nitrogens with zero attached hydrogens (tertiary/aromatic N) is 1. The number of methoxy groups -OCH3 is 1. The first kappa shape index (κ1) is 32.6. The molecule has 13 heteroatoms. The van der Waals surface area contributed by atoms with Crippen LogP contribution in [0.3, 0.4) is 0 Å². The molecule has 0 atom stereocenters. The zero-order valence-electron chi connectivity index (χ0n) is 24.1. The zero-order chi connectivity index (χ0) is 31.8. The molecule has 3 aromatic carbocycles. The fourth-order valence-electron chi connectivity index (χ4n) is 4.14. The molecule has 0 spiro atoms. The van der Waals surface area contributed by atoms with Crippen molar-refractivity contribution in [2.45, 2.75) is 20.3 Å². The van der Waals surface area contributed by atoms with E-state index < -0.39 is 23.8 Å². The quantitative estimate of drug-likeness (QED) is 0.135. The summed E-state index contributed by atoms with van der Waals surface area (Å²) in [6.07, 6.45) is 2.13. The first-order valence-corrected chi connectivity index (χ1v) is 15.0. The van der Waals surface area contributed by atoms with Gasteiger partial charge in [0.2, 0.25) is 0 Å². The van der Waals surface area contributed by atoms with Crippen LogP contribution in [0, 0.1) is 3.57 Å². The van der Waals surface area contributed by atoms with Crippen molar-refractivity contribution in [1.82, 2.24) is 5.32 Å². The normalized spacial score (nSPS) is 13.9. The maximum Gasteiger partial charge on any atom is 0.335 e. The number of urea groups is 1. The number of barbiturate groups is 1. The molecule has 2 N–H and O–H groups in total. The van der Waals surface area contributed by atoms with Crippen LogP contribution in [0.2, 0.25) is 5.02 Å². The number of nitrogens with one attached hydrogen (secondary N) is 2. The molecule has 0 unspecified atom stereocenters. The van der Waals surface area contributed by atoms with Crippen LogP contribution < -0.4 is 34.5 Å². The number of carbonyl (C=O) groups is 4. The van der Waals surface area contributed by atoms with E-state index in [0.29, 0.717) is 44.6 Å². The molecule has 44 heavy (non-hydrogen) atoms. The number of imide groups is 2. The number of ether oxygens (including phenoxy) is 4. The van der Waals surface area contributed by atoms with Gasteiger partial charge in [-0.15, -0.1) is 0 Å². The van der Waals surface area contributed by atoms with Crippen LogP contribution in [0.1, 0.15) is 25.8 Å². The topological polar surface area (TPSA) is 132 Å². The van der Waals surface area contributed by atoms with Crippen LogP contribution in [0.5, 0.6) is 23.0 Å². The van der Waals surface area contributed by atoms with Crippen molar-refractivity contribution in [3.05, 3.63) is 74.3 Å². The molecule has 3 aromatic rings. The second-order valence-corrected chi connectivity index (χ2v) is 10.8. The van der Waals surface area contributed by atoms with E-state index >= 15 is 0 Å². The number of para-hydroxylation sites is 1. The van der Waals surface area contributed by atoms with Gasteiger partial charge in [-0.2, -0.15) is 0 Å². The van der Waals surface area contributed by atoms with E-state index in [9.17, 15) is 19.2 Å². The van der Waals surface area contributed by atoms with Crippen molar-refractivity contribution in [1.29, 1.82) is 0 Å². The Morgan fingerprint density at radius 3 is 2.48 bits per heavy atom. The summed E-state index contributed by atoms with van der Waals surface area (Å²) in [6, 6.07) is 13.8. The molecule has 0 aromatic heterocycles. The molecule has 230 valence electrons. The van der Waals surface area contributed by atoms with Crippen LogP contribution in [-0.4, -0.2) is 50.7 Å². The molecule has 11 nitrogen and oxygen atoms in total. The number of amides is 5. The number of carbonyl (C=O) groups excluding carboxylic acids is 4. The highest BCUT2D eigenvalue weighted by Crippen LogP contribution is 2.36. The van der Waals surface area contributed by atoms with E-state index in [4.69, 9.17) is 30.5 Å². The number of rotatable bonds is 12. The lowest BCUT2D eigenvalue weighted by Crippen LogP contribution is -2.54. The molecule has 0 bridgehead atoms. The van der Waals surface area contributed by atoms with Gasteiger partial charge >= 0.3 is 6.03 Å². The molecule has 0 radical (unpaired) electrons. The molecule has 1 saturated heterocycles. The highest BCUT2D eigenvalue weighted by atomic mass is 127. The first-order valence-electron chi connectivity index (χ1n) is 13.5. The van der Waals surface area contributed by atoms with Gasteiger partial charge < -0.3 is 24.3 Å². The molecule has 4 rings (SSSR count). The minimum absolute atomic E-state index is 0.198. The van der Waals surface area contributed by atoms with Crippen molar-refractivity contribution in [2.24, 2.45) is 0 Å². The Morgan fingerprint density at radius 2 is 1.77 bits per heavy atom. The Kier molecular flexibility index (Phi) is 11.1. The molecule has 1 aliphatic rings. The summed E-state index contributed by atoms with van der Waals surface area (Å²) in [5.74, 6) is -0.738. The summed E-state index contributed by atoms with van der Waals surface area (Å²) >= 11 is 8.10. The average Bonchev–Trinajstić information content (AvgIpc) is 2.99. The molecule has 5 amide bonds. The Hall–Kier alpha value is -4.30. The van der Waals surface area contributed by atoms with Crippen molar-refractivity contribution in [3.8, 4) is 23.0 Å². The summed E-state index contributed by atoms with van der Waals surface area (Å²) in [5, 5.41) is 5.28. The lowest BCUT2D eigenvalue weighted by Gasteiger charge is -2.27. The lowest BCUT2D eigenvalue weighted by atomic mass is 10.1.